The van der Waals surface area contributed by atoms with Gasteiger partial charge in [-0.1, -0.05) is 24.4 Å². The van der Waals surface area contributed by atoms with Crippen molar-refractivity contribution in [2.24, 2.45) is 0 Å². The number of ether oxygens (including phenoxy) is 1. The summed E-state index contributed by atoms with van der Waals surface area (Å²) < 4.78 is 29.8. The average molecular weight is 360 g/mol. The molecule has 0 atom stereocenters. The van der Waals surface area contributed by atoms with E-state index in [1.165, 1.54) is 25.3 Å². The Balaban J connectivity index is 2.00. The van der Waals surface area contributed by atoms with E-state index in [2.05, 4.69) is 0 Å². The molecule has 2 rings (SSSR count). The van der Waals surface area contributed by atoms with Gasteiger partial charge >= 0.3 is 0 Å². The van der Waals surface area contributed by atoms with E-state index in [4.69, 9.17) is 16.3 Å². The van der Waals surface area contributed by atoms with Gasteiger partial charge in [-0.05, 0) is 31.0 Å². The van der Waals surface area contributed by atoms with Crippen LogP contribution in [-0.2, 0) is 14.6 Å². The molecule has 1 saturated heterocycles. The third-order valence-electron chi connectivity index (χ3n) is 4.03. The summed E-state index contributed by atoms with van der Waals surface area (Å²) in [6.07, 6.45) is 4.25. The smallest absolute Gasteiger partial charge is 0.223 e. The molecule has 1 aliphatic rings. The minimum absolute atomic E-state index is 0.00593. The number of sulfone groups is 1. The molecular weight excluding hydrogens is 338 g/mol. The van der Waals surface area contributed by atoms with Crippen LogP contribution in [0.5, 0.6) is 5.75 Å². The normalized spacial score (nSPS) is 16.0. The van der Waals surface area contributed by atoms with E-state index >= 15 is 0 Å². The summed E-state index contributed by atoms with van der Waals surface area (Å²) in [5, 5.41) is 0.243. The Bertz CT molecular complexity index is 652. The van der Waals surface area contributed by atoms with E-state index in [0.29, 0.717) is 5.75 Å². The molecule has 1 heterocycles. The molecule has 7 heteroatoms. The number of methoxy groups -OCH3 is 1. The first-order chi connectivity index (χ1) is 10.9. The van der Waals surface area contributed by atoms with E-state index in [1.54, 1.807) is 4.90 Å². The summed E-state index contributed by atoms with van der Waals surface area (Å²) in [7, 11) is -2.07. The maximum Gasteiger partial charge on any atom is 0.223 e. The van der Waals surface area contributed by atoms with Gasteiger partial charge in [0.2, 0.25) is 5.91 Å². The third-order valence-corrected chi connectivity index (χ3v) is 6.03. The Morgan fingerprint density at radius 1 is 1.22 bits per heavy atom. The van der Waals surface area contributed by atoms with Crippen molar-refractivity contribution in [2.45, 2.75) is 37.0 Å². The lowest BCUT2D eigenvalue weighted by Gasteiger charge is -2.20. The summed E-state index contributed by atoms with van der Waals surface area (Å²) in [4.78, 5) is 14.1. The van der Waals surface area contributed by atoms with Gasteiger partial charge in [0, 0.05) is 19.5 Å². The van der Waals surface area contributed by atoms with Crippen LogP contribution in [0.15, 0.2) is 23.1 Å². The van der Waals surface area contributed by atoms with Gasteiger partial charge in [0.25, 0.3) is 0 Å². The van der Waals surface area contributed by atoms with E-state index in [-0.39, 0.29) is 28.0 Å². The predicted octanol–water partition coefficient (Wildman–Crippen LogP) is 2.92. The Labute approximate surface area is 142 Å². The van der Waals surface area contributed by atoms with Crippen LogP contribution >= 0.6 is 11.6 Å². The maximum atomic E-state index is 12.4. The Hall–Kier alpha value is -1.27. The monoisotopic (exact) mass is 359 g/mol. The molecule has 0 aromatic heterocycles. The highest BCUT2D eigenvalue weighted by Gasteiger charge is 2.21. The lowest BCUT2D eigenvalue weighted by Crippen LogP contribution is -2.33. The fourth-order valence-electron chi connectivity index (χ4n) is 2.66. The summed E-state index contributed by atoms with van der Waals surface area (Å²) >= 11 is 5.97. The molecule has 1 aromatic carbocycles. The molecule has 0 radical (unpaired) electrons. The van der Waals surface area contributed by atoms with Crippen molar-refractivity contribution in [3.05, 3.63) is 23.2 Å². The molecule has 1 aromatic rings. The van der Waals surface area contributed by atoms with Crippen LogP contribution in [0.4, 0.5) is 0 Å². The molecule has 0 unspecified atom stereocenters. The van der Waals surface area contributed by atoms with Crippen LogP contribution < -0.4 is 4.74 Å². The van der Waals surface area contributed by atoms with Gasteiger partial charge in [-0.15, -0.1) is 0 Å². The van der Waals surface area contributed by atoms with E-state index in [0.717, 1.165) is 38.8 Å². The summed E-state index contributed by atoms with van der Waals surface area (Å²) in [6.45, 7) is 1.46. The van der Waals surface area contributed by atoms with Crippen molar-refractivity contribution < 1.29 is 17.9 Å². The number of carbonyl (C=O) groups is 1. The van der Waals surface area contributed by atoms with Crippen molar-refractivity contribution in [3.8, 4) is 5.75 Å². The van der Waals surface area contributed by atoms with Crippen molar-refractivity contribution in [1.82, 2.24) is 4.90 Å². The van der Waals surface area contributed by atoms with Crippen LogP contribution in [-0.4, -0.2) is 45.2 Å². The number of hydrogen-bond acceptors (Lipinski definition) is 4. The number of likely N-dealkylation sites (tertiary alicyclic amines) is 1. The molecular formula is C16H22ClNO4S. The minimum Gasteiger partial charge on any atom is -0.495 e. The van der Waals surface area contributed by atoms with Crippen LogP contribution in [0.1, 0.15) is 32.1 Å². The van der Waals surface area contributed by atoms with Crippen molar-refractivity contribution >= 4 is 27.3 Å². The molecule has 0 spiro atoms. The largest absolute Gasteiger partial charge is 0.495 e. The second-order valence-electron chi connectivity index (χ2n) is 5.66. The van der Waals surface area contributed by atoms with Gasteiger partial charge in [0.1, 0.15) is 5.75 Å². The number of nitrogens with zero attached hydrogens (tertiary/aromatic N) is 1. The first-order valence-corrected chi connectivity index (χ1v) is 9.81. The van der Waals surface area contributed by atoms with Gasteiger partial charge in [-0.25, -0.2) is 8.42 Å². The first-order valence-electron chi connectivity index (χ1n) is 7.78. The van der Waals surface area contributed by atoms with Gasteiger partial charge < -0.3 is 9.64 Å². The van der Waals surface area contributed by atoms with Gasteiger partial charge in [0.05, 0.1) is 22.8 Å². The van der Waals surface area contributed by atoms with Crippen LogP contribution in [0.3, 0.4) is 0 Å². The second-order valence-corrected chi connectivity index (χ2v) is 8.18. The van der Waals surface area contributed by atoms with Crippen molar-refractivity contribution in [1.29, 1.82) is 0 Å². The SMILES string of the molecule is COc1ccc(S(=O)(=O)CCC(=O)N2CCCCCC2)cc1Cl. The zero-order valence-electron chi connectivity index (χ0n) is 13.3. The highest BCUT2D eigenvalue weighted by molar-refractivity contribution is 7.91. The number of amides is 1. The standard InChI is InChI=1S/C16H22ClNO4S/c1-22-15-7-6-13(12-14(15)17)23(20,21)11-8-16(19)18-9-4-2-3-5-10-18/h6-7,12H,2-5,8-11H2,1H3. The molecule has 5 nitrogen and oxygen atoms in total. The molecule has 1 aliphatic heterocycles. The first kappa shape index (κ1) is 18.1. The van der Waals surface area contributed by atoms with Crippen molar-refractivity contribution in [3.63, 3.8) is 0 Å². The molecule has 0 aliphatic carbocycles. The molecule has 0 saturated carbocycles. The zero-order chi connectivity index (χ0) is 16.9. The predicted molar refractivity (Wildman–Crippen MR) is 89.7 cm³/mol. The number of hydrogen-bond donors (Lipinski definition) is 0. The van der Waals surface area contributed by atoms with Crippen LogP contribution in [0.2, 0.25) is 5.02 Å². The number of carbonyl (C=O) groups excluding carboxylic acids is 1. The molecule has 0 bridgehead atoms. The quantitative estimate of drug-likeness (QED) is 0.810. The van der Waals surface area contributed by atoms with Gasteiger partial charge in [-0.3, -0.25) is 4.79 Å². The number of benzene rings is 1. The highest BCUT2D eigenvalue weighted by Crippen LogP contribution is 2.27. The molecule has 23 heavy (non-hydrogen) atoms. The zero-order valence-corrected chi connectivity index (χ0v) is 14.8. The molecule has 1 amide bonds. The van der Waals surface area contributed by atoms with Crippen molar-refractivity contribution in [2.75, 3.05) is 26.0 Å². The highest BCUT2D eigenvalue weighted by atomic mass is 35.5. The molecule has 128 valence electrons. The maximum absolute atomic E-state index is 12.4. The summed E-state index contributed by atoms with van der Waals surface area (Å²) in [5.41, 5.74) is 0. The Kier molecular flexibility index (Phi) is 6.30. The lowest BCUT2D eigenvalue weighted by atomic mass is 10.2. The molecule has 1 fully saturated rings. The average Bonchev–Trinajstić information content (AvgIpc) is 2.82. The minimum atomic E-state index is -3.54. The van der Waals surface area contributed by atoms with Gasteiger partial charge in [-0.2, -0.15) is 0 Å². The van der Waals surface area contributed by atoms with E-state index < -0.39 is 9.84 Å². The van der Waals surface area contributed by atoms with Crippen LogP contribution in [0, 0.1) is 0 Å². The summed E-state index contributed by atoms with van der Waals surface area (Å²) in [6, 6.07) is 4.34. The number of rotatable bonds is 5. The topological polar surface area (TPSA) is 63.7 Å². The second kappa shape index (κ2) is 8.02. The van der Waals surface area contributed by atoms with E-state index in [1.807, 2.05) is 0 Å². The number of halogens is 1. The third kappa shape index (κ3) is 4.85. The Morgan fingerprint density at radius 2 is 1.87 bits per heavy atom. The fourth-order valence-corrected chi connectivity index (χ4v) is 4.23. The summed E-state index contributed by atoms with van der Waals surface area (Å²) in [5.74, 6) is 0.131. The fraction of sp³-hybridized carbons (Fsp3) is 0.562. The van der Waals surface area contributed by atoms with Crippen LogP contribution in [0.25, 0.3) is 0 Å². The Morgan fingerprint density at radius 3 is 2.43 bits per heavy atom. The van der Waals surface area contributed by atoms with Gasteiger partial charge in [0.15, 0.2) is 9.84 Å². The van der Waals surface area contributed by atoms with E-state index in [9.17, 15) is 13.2 Å². The lowest BCUT2D eigenvalue weighted by molar-refractivity contribution is -0.130. The molecule has 0 N–H and O–H groups in total.